The van der Waals surface area contributed by atoms with Crippen LogP contribution in [0.4, 0.5) is 0 Å². The summed E-state index contributed by atoms with van der Waals surface area (Å²) in [4.78, 5) is 2.39. The molecule has 0 aliphatic carbocycles. The zero-order chi connectivity index (χ0) is 10.1. The molecule has 1 aliphatic heterocycles. The summed E-state index contributed by atoms with van der Waals surface area (Å²) in [5.41, 5.74) is 0. The molecule has 1 aliphatic rings. The fraction of sp³-hybridized carbons (Fsp3) is 1.00. The lowest BCUT2D eigenvalue weighted by Crippen LogP contribution is -2.50. The minimum atomic E-state index is -0.223. The number of nitrogens with zero attached hydrogens (tertiary/aromatic N) is 1. The molecule has 0 bridgehead atoms. The largest absolute Gasteiger partial charge is 0.392 e. The van der Waals surface area contributed by atoms with Crippen LogP contribution in [-0.4, -0.2) is 45.7 Å². The van der Waals surface area contributed by atoms with E-state index in [1.54, 1.807) is 0 Å². The molecule has 0 amide bonds. The predicted molar refractivity (Wildman–Crippen MR) is 59.3 cm³/mol. The van der Waals surface area contributed by atoms with Crippen LogP contribution in [0, 0.1) is 0 Å². The summed E-state index contributed by atoms with van der Waals surface area (Å²) in [5, 5.41) is 9.49. The van der Waals surface area contributed by atoms with Crippen LogP contribution >= 0.6 is 11.8 Å². The second kappa shape index (κ2) is 4.20. The Kier molecular flexibility index (Phi) is 3.66. The van der Waals surface area contributed by atoms with Crippen LogP contribution in [0.3, 0.4) is 0 Å². The average molecular weight is 203 g/mol. The van der Waals surface area contributed by atoms with Crippen molar-refractivity contribution in [2.45, 2.75) is 44.6 Å². The van der Waals surface area contributed by atoms with E-state index in [0.29, 0.717) is 10.8 Å². The molecule has 0 aromatic carbocycles. The lowest BCUT2D eigenvalue weighted by molar-refractivity contribution is 0.0680. The number of rotatable bonds is 2. The number of hydrogen-bond acceptors (Lipinski definition) is 3. The molecular weight excluding hydrogens is 182 g/mol. The molecule has 0 aromatic heterocycles. The highest BCUT2D eigenvalue weighted by molar-refractivity contribution is 8.00. The topological polar surface area (TPSA) is 23.5 Å². The highest BCUT2D eigenvalue weighted by atomic mass is 32.2. The van der Waals surface area contributed by atoms with E-state index < -0.39 is 0 Å². The van der Waals surface area contributed by atoms with E-state index in [2.05, 4.69) is 25.7 Å². The third-order valence-corrected chi connectivity index (χ3v) is 4.03. The van der Waals surface area contributed by atoms with Crippen LogP contribution in [0.2, 0.25) is 0 Å². The highest BCUT2D eigenvalue weighted by Gasteiger charge is 2.30. The third-order valence-electron chi connectivity index (χ3n) is 2.73. The molecule has 1 heterocycles. The second-order valence-electron chi connectivity index (χ2n) is 4.56. The standard InChI is InChI=1S/C10H21NOS/c1-8(9(2)12)11-5-6-13-10(3,4)7-11/h8-9,12H,5-7H2,1-4H3. The minimum absolute atomic E-state index is 0.223. The summed E-state index contributed by atoms with van der Waals surface area (Å²) < 4.78 is 0.349. The maximum atomic E-state index is 9.49. The zero-order valence-electron chi connectivity index (χ0n) is 9.08. The predicted octanol–water partition coefficient (Wildman–Crippen LogP) is 1.58. The Hall–Kier alpha value is 0.270. The van der Waals surface area contributed by atoms with Crippen molar-refractivity contribution in [2.75, 3.05) is 18.8 Å². The Labute approximate surface area is 85.7 Å². The van der Waals surface area contributed by atoms with Gasteiger partial charge in [-0.1, -0.05) is 0 Å². The summed E-state index contributed by atoms with van der Waals surface area (Å²) in [6, 6.07) is 0.292. The van der Waals surface area contributed by atoms with Crippen LogP contribution < -0.4 is 0 Å². The molecule has 3 heteroatoms. The number of thioether (sulfide) groups is 1. The van der Waals surface area contributed by atoms with Crippen LogP contribution in [0.1, 0.15) is 27.7 Å². The monoisotopic (exact) mass is 203 g/mol. The lowest BCUT2D eigenvalue weighted by atomic mass is 10.1. The molecule has 1 N–H and O–H groups in total. The van der Waals surface area contributed by atoms with E-state index in [0.717, 1.165) is 13.1 Å². The maximum Gasteiger partial charge on any atom is 0.0664 e. The molecular formula is C10H21NOS. The van der Waals surface area contributed by atoms with Crippen LogP contribution in [0.15, 0.2) is 0 Å². The van der Waals surface area contributed by atoms with Gasteiger partial charge in [-0.25, -0.2) is 0 Å². The van der Waals surface area contributed by atoms with E-state index in [9.17, 15) is 5.11 Å². The van der Waals surface area contributed by atoms with Gasteiger partial charge in [0.25, 0.3) is 0 Å². The smallest absolute Gasteiger partial charge is 0.0664 e. The van der Waals surface area contributed by atoms with Gasteiger partial charge in [0.2, 0.25) is 0 Å². The first-order valence-electron chi connectivity index (χ1n) is 4.98. The van der Waals surface area contributed by atoms with Gasteiger partial charge in [0.1, 0.15) is 0 Å². The Morgan fingerprint density at radius 1 is 1.38 bits per heavy atom. The molecule has 2 unspecified atom stereocenters. The first-order chi connectivity index (χ1) is 5.92. The molecule has 1 rings (SSSR count). The van der Waals surface area contributed by atoms with Crippen LogP contribution in [0.25, 0.3) is 0 Å². The fourth-order valence-electron chi connectivity index (χ4n) is 1.71. The van der Waals surface area contributed by atoms with E-state index in [1.165, 1.54) is 5.75 Å². The summed E-state index contributed by atoms with van der Waals surface area (Å²) in [6.45, 7) is 10.7. The Morgan fingerprint density at radius 3 is 2.46 bits per heavy atom. The molecule has 0 radical (unpaired) electrons. The lowest BCUT2D eigenvalue weighted by Gasteiger charge is -2.41. The molecule has 2 nitrogen and oxygen atoms in total. The van der Waals surface area contributed by atoms with Crippen molar-refractivity contribution in [2.24, 2.45) is 0 Å². The number of aliphatic hydroxyl groups is 1. The van der Waals surface area contributed by atoms with Gasteiger partial charge >= 0.3 is 0 Å². The molecule has 1 saturated heterocycles. The van der Waals surface area contributed by atoms with Gasteiger partial charge in [-0.2, -0.15) is 11.8 Å². The van der Waals surface area contributed by atoms with Crippen molar-refractivity contribution in [3.05, 3.63) is 0 Å². The van der Waals surface area contributed by atoms with E-state index >= 15 is 0 Å². The average Bonchev–Trinajstić information content (AvgIpc) is 2.01. The Morgan fingerprint density at radius 2 is 2.00 bits per heavy atom. The van der Waals surface area contributed by atoms with Gasteiger partial charge in [-0.3, -0.25) is 4.90 Å². The van der Waals surface area contributed by atoms with Gasteiger partial charge in [0, 0.05) is 29.6 Å². The maximum absolute atomic E-state index is 9.49. The van der Waals surface area contributed by atoms with Crippen molar-refractivity contribution in [1.82, 2.24) is 4.90 Å². The van der Waals surface area contributed by atoms with Crippen molar-refractivity contribution in [3.8, 4) is 0 Å². The summed E-state index contributed by atoms with van der Waals surface area (Å²) in [7, 11) is 0. The Balaban J connectivity index is 2.51. The number of hydrogen-bond donors (Lipinski definition) is 1. The molecule has 0 saturated carbocycles. The van der Waals surface area contributed by atoms with E-state index in [4.69, 9.17) is 0 Å². The van der Waals surface area contributed by atoms with Gasteiger partial charge in [0.15, 0.2) is 0 Å². The van der Waals surface area contributed by atoms with Crippen LogP contribution in [0.5, 0.6) is 0 Å². The molecule has 0 aromatic rings. The van der Waals surface area contributed by atoms with Crippen molar-refractivity contribution in [3.63, 3.8) is 0 Å². The quantitative estimate of drug-likeness (QED) is 0.737. The Bertz CT molecular complexity index is 170. The van der Waals surface area contributed by atoms with Crippen LogP contribution in [-0.2, 0) is 0 Å². The normalized spacial score (nSPS) is 28.4. The van der Waals surface area contributed by atoms with Crippen molar-refractivity contribution in [1.29, 1.82) is 0 Å². The molecule has 2 atom stereocenters. The van der Waals surface area contributed by atoms with Gasteiger partial charge in [-0.05, 0) is 27.7 Å². The molecule has 78 valence electrons. The SMILES string of the molecule is CC(O)C(C)N1CCSC(C)(C)C1. The molecule has 1 fully saturated rings. The van der Waals surface area contributed by atoms with Crippen molar-refractivity contribution >= 4 is 11.8 Å². The van der Waals surface area contributed by atoms with Crippen molar-refractivity contribution < 1.29 is 5.11 Å². The fourth-order valence-corrected chi connectivity index (χ4v) is 2.84. The summed E-state index contributed by atoms with van der Waals surface area (Å²) in [5.74, 6) is 1.18. The summed E-state index contributed by atoms with van der Waals surface area (Å²) >= 11 is 2.03. The minimum Gasteiger partial charge on any atom is -0.392 e. The zero-order valence-corrected chi connectivity index (χ0v) is 9.90. The van der Waals surface area contributed by atoms with E-state index in [-0.39, 0.29) is 6.10 Å². The molecule has 0 spiro atoms. The van der Waals surface area contributed by atoms with Gasteiger partial charge < -0.3 is 5.11 Å². The van der Waals surface area contributed by atoms with Gasteiger partial charge in [-0.15, -0.1) is 0 Å². The molecule has 13 heavy (non-hydrogen) atoms. The first kappa shape index (κ1) is 11.3. The summed E-state index contributed by atoms with van der Waals surface area (Å²) in [6.07, 6.45) is -0.223. The van der Waals surface area contributed by atoms with E-state index in [1.807, 2.05) is 18.7 Å². The second-order valence-corrected chi connectivity index (χ2v) is 6.36. The third kappa shape index (κ3) is 3.15. The first-order valence-corrected chi connectivity index (χ1v) is 5.97. The highest BCUT2D eigenvalue weighted by Crippen LogP contribution is 2.30. The van der Waals surface area contributed by atoms with Gasteiger partial charge in [0.05, 0.1) is 6.10 Å². The number of aliphatic hydroxyl groups excluding tert-OH is 1.